The van der Waals surface area contributed by atoms with E-state index in [9.17, 15) is 0 Å². The predicted octanol–water partition coefficient (Wildman–Crippen LogP) is 7.53. The summed E-state index contributed by atoms with van der Waals surface area (Å²) in [5.41, 5.74) is 2.80. The molecule has 5 aliphatic rings. The van der Waals surface area contributed by atoms with Crippen LogP contribution in [0.1, 0.15) is 114 Å². The number of rotatable bonds is 5. The first-order valence-electron chi connectivity index (χ1n) is 15.3. The first-order valence-corrected chi connectivity index (χ1v) is 15.3. The normalized spacial score (nSPS) is 39.0. The molecule has 1 aromatic rings. The van der Waals surface area contributed by atoms with Crippen molar-refractivity contribution in [2.75, 3.05) is 13.2 Å². The van der Waals surface area contributed by atoms with Crippen LogP contribution in [0.2, 0.25) is 0 Å². The highest BCUT2D eigenvalue weighted by Crippen LogP contribution is 2.65. The number of ether oxygens (including phenoxy) is 4. The van der Waals surface area contributed by atoms with Gasteiger partial charge in [0.2, 0.25) is 0 Å². The van der Waals surface area contributed by atoms with Crippen molar-refractivity contribution in [3.8, 4) is 17.6 Å². The molecule has 2 unspecified atom stereocenters. The lowest BCUT2D eigenvalue weighted by molar-refractivity contribution is -0.238. The van der Waals surface area contributed by atoms with Crippen molar-refractivity contribution < 1.29 is 18.9 Å². The molecule has 0 bridgehead atoms. The van der Waals surface area contributed by atoms with E-state index in [-0.39, 0.29) is 23.6 Å². The lowest BCUT2D eigenvalue weighted by Gasteiger charge is -2.53. The van der Waals surface area contributed by atoms with Crippen molar-refractivity contribution in [1.82, 2.24) is 0 Å². The van der Waals surface area contributed by atoms with Crippen molar-refractivity contribution in [2.24, 2.45) is 17.3 Å². The van der Waals surface area contributed by atoms with Crippen LogP contribution in [-0.2, 0) is 20.6 Å². The molecule has 37 heavy (non-hydrogen) atoms. The Bertz CT molecular complexity index is 997. The van der Waals surface area contributed by atoms with E-state index >= 15 is 0 Å². The van der Waals surface area contributed by atoms with Crippen LogP contribution in [-0.4, -0.2) is 31.4 Å². The molecule has 1 aromatic carbocycles. The van der Waals surface area contributed by atoms with Gasteiger partial charge in [0.05, 0.1) is 6.61 Å². The van der Waals surface area contributed by atoms with Crippen molar-refractivity contribution >= 4 is 0 Å². The van der Waals surface area contributed by atoms with E-state index in [0.717, 1.165) is 70.3 Å². The van der Waals surface area contributed by atoms with Gasteiger partial charge in [-0.3, -0.25) is 0 Å². The first-order chi connectivity index (χ1) is 18.1. The fourth-order valence-corrected chi connectivity index (χ4v) is 8.37. The molecule has 6 rings (SSSR count). The van der Waals surface area contributed by atoms with Crippen LogP contribution in [0.5, 0.6) is 5.75 Å². The predicted molar refractivity (Wildman–Crippen MR) is 145 cm³/mol. The number of benzene rings is 1. The average molecular weight is 507 g/mol. The number of unbranched alkanes of at least 4 members (excludes halogenated alkanes) is 1. The molecule has 202 valence electrons. The molecule has 0 radical (unpaired) electrons. The van der Waals surface area contributed by atoms with E-state index in [1.165, 1.54) is 44.1 Å². The van der Waals surface area contributed by atoms with Gasteiger partial charge >= 0.3 is 0 Å². The molecule has 4 heteroatoms. The minimum atomic E-state index is -0.363. The Labute approximate surface area is 224 Å². The lowest BCUT2D eigenvalue weighted by Crippen LogP contribution is -2.53. The summed E-state index contributed by atoms with van der Waals surface area (Å²) >= 11 is 0. The quantitative estimate of drug-likeness (QED) is 0.387. The largest absolute Gasteiger partial charge is 0.465 e. The summed E-state index contributed by atoms with van der Waals surface area (Å²) in [6.07, 6.45) is 15.7. The Kier molecular flexibility index (Phi) is 7.59. The summed E-state index contributed by atoms with van der Waals surface area (Å²) in [5, 5.41) is 0. The number of hydrogen-bond donors (Lipinski definition) is 0. The van der Waals surface area contributed by atoms with Crippen molar-refractivity contribution in [3.05, 3.63) is 29.3 Å². The number of hydrogen-bond acceptors (Lipinski definition) is 4. The number of fused-ring (bicyclic) bond motifs is 5. The zero-order chi connectivity index (χ0) is 25.3. The van der Waals surface area contributed by atoms with Crippen LogP contribution < -0.4 is 4.74 Å². The maximum absolute atomic E-state index is 6.97. The Morgan fingerprint density at radius 3 is 2.51 bits per heavy atom. The van der Waals surface area contributed by atoms with Gasteiger partial charge in [-0.2, -0.15) is 0 Å². The third-order valence-electron chi connectivity index (χ3n) is 10.4. The van der Waals surface area contributed by atoms with E-state index in [4.69, 9.17) is 18.9 Å². The summed E-state index contributed by atoms with van der Waals surface area (Å²) in [4.78, 5) is 0. The molecule has 2 aliphatic heterocycles. The summed E-state index contributed by atoms with van der Waals surface area (Å²) < 4.78 is 25.1. The van der Waals surface area contributed by atoms with Gasteiger partial charge in [0, 0.05) is 24.9 Å². The van der Waals surface area contributed by atoms with E-state index in [1.54, 1.807) is 5.56 Å². The van der Waals surface area contributed by atoms with Crippen LogP contribution >= 0.6 is 0 Å². The third kappa shape index (κ3) is 4.86. The second-order valence-electron chi connectivity index (χ2n) is 12.5. The molecule has 2 saturated carbocycles. The zero-order valence-corrected chi connectivity index (χ0v) is 23.1. The lowest BCUT2D eigenvalue weighted by atomic mass is 9.53. The molecular weight excluding hydrogens is 460 g/mol. The molecular formula is C33H46O4. The molecule has 2 heterocycles. The maximum atomic E-state index is 6.97. The molecule has 2 saturated heterocycles. The minimum Gasteiger partial charge on any atom is -0.465 e. The minimum absolute atomic E-state index is 0.0768. The summed E-state index contributed by atoms with van der Waals surface area (Å²) in [5.74, 6) is 10.3. The molecule has 4 fully saturated rings. The summed E-state index contributed by atoms with van der Waals surface area (Å²) in [6.45, 7) is 6.37. The van der Waals surface area contributed by atoms with Gasteiger partial charge < -0.3 is 18.9 Å². The topological polar surface area (TPSA) is 36.9 Å². The van der Waals surface area contributed by atoms with E-state index in [0.29, 0.717) is 17.8 Å². The fraction of sp³-hybridized carbons (Fsp3) is 0.758. The average Bonchev–Trinajstić information content (AvgIpc) is 3.21. The maximum Gasteiger partial charge on any atom is 0.199 e. The summed E-state index contributed by atoms with van der Waals surface area (Å²) in [7, 11) is 0. The molecule has 4 nitrogen and oxygen atoms in total. The highest BCUT2D eigenvalue weighted by atomic mass is 16.7. The van der Waals surface area contributed by atoms with Crippen LogP contribution in [0.15, 0.2) is 18.2 Å². The Morgan fingerprint density at radius 2 is 1.76 bits per heavy atom. The van der Waals surface area contributed by atoms with Crippen molar-refractivity contribution in [3.63, 3.8) is 0 Å². The zero-order valence-electron chi connectivity index (χ0n) is 23.1. The SMILES string of the molecule is CCCC#C[C@]1(OC2CCCCO2)CC[C@H]2[C@@H]3CCc4cc(OC5CCCCO5)ccc4[C@H]3CC[C@@]21C. The first kappa shape index (κ1) is 25.7. The van der Waals surface area contributed by atoms with Crippen molar-refractivity contribution in [1.29, 1.82) is 0 Å². The van der Waals surface area contributed by atoms with Gasteiger partial charge in [0.25, 0.3) is 0 Å². The van der Waals surface area contributed by atoms with Gasteiger partial charge in [-0.25, -0.2) is 0 Å². The standard InChI is InChI=1S/C33H46O4/c1-3-4-7-18-33(37-31-11-6-9-22-35-31)20-17-29-28-14-12-24-23-25(36-30-10-5-8-21-34-30)13-15-26(24)27(28)16-19-32(29,33)2/h13,15,23,27-31H,3-6,8-12,14,16-17,19-22H2,1-2H3/t27-,28-,29+,30?,31?,32+,33+/m1/s1. The fourth-order valence-electron chi connectivity index (χ4n) is 8.37. The van der Waals surface area contributed by atoms with Crippen LogP contribution in [0.4, 0.5) is 0 Å². The second-order valence-corrected chi connectivity index (χ2v) is 12.5. The van der Waals surface area contributed by atoms with Gasteiger partial charge in [-0.1, -0.05) is 25.8 Å². The Balaban J connectivity index is 1.22. The number of aryl methyl sites for hydroxylation is 1. The Hall–Kier alpha value is -1.54. The van der Waals surface area contributed by atoms with Crippen LogP contribution in [0.3, 0.4) is 0 Å². The van der Waals surface area contributed by atoms with E-state index in [1.807, 2.05) is 0 Å². The van der Waals surface area contributed by atoms with Gasteiger partial charge in [-0.15, -0.1) is 5.92 Å². The van der Waals surface area contributed by atoms with Crippen LogP contribution in [0.25, 0.3) is 0 Å². The highest BCUT2D eigenvalue weighted by molar-refractivity contribution is 5.41. The smallest absolute Gasteiger partial charge is 0.199 e. The molecule has 0 amide bonds. The van der Waals surface area contributed by atoms with Gasteiger partial charge in [-0.05, 0) is 118 Å². The molecule has 0 N–H and O–H groups in total. The second kappa shape index (κ2) is 10.9. The van der Waals surface area contributed by atoms with Gasteiger partial charge in [0.1, 0.15) is 11.4 Å². The van der Waals surface area contributed by atoms with Crippen LogP contribution in [0, 0.1) is 29.1 Å². The van der Waals surface area contributed by atoms with E-state index in [2.05, 4.69) is 43.9 Å². The van der Waals surface area contributed by atoms with Gasteiger partial charge in [0.15, 0.2) is 12.6 Å². The summed E-state index contributed by atoms with van der Waals surface area (Å²) in [6, 6.07) is 6.89. The molecule has 7 atom stereocenters. The molecule has 3 aliphatic carbocycles. The van der Waals surface area contributed by atoms with Crippen molar-refractivity contribution in [2.45, 2.75) is 128 Å². The monoisotopic (exact) mass is 506 g/mol. The molecule has 0 spiro atoms. The highest BCUT2D eigenvalue weighted by Gasteiger charge is 2.63. The third-order valence-corrected chi connectivity index (χ3v) is 10.4. The van der Waals surface area contributed by atoms with E-state index < -0.39 is 0 Å². The Morgan fingerprint density at radius 1 is 0.946 bits per heavy atom. The molecule has 0 aromatic heterocycles.